The molecule has 2 heteroatoms. The molecular weight excluding hydrogens is 225 g/mol. The zero-order chi connectivity index (χ0) is 12.8. The predicted octanol–water partition coefficient (Wildman–Crippen LogP) is 3.47. The molecule has 2 aliphatic heterocycles. The van der Waals surface area contributed by atoms with Crippen LogP contribution in [0.25, 0.3) is 0 Å². The number of piperidine rings is 1. The Morgan fingerprint density at radius 3 is 2.28 bits per heavy atom. The minimum Gasteiger partial charge on any atom is -0.311 e. The third-order valence-electron chi connectivity index (χ3n) is 4.70. The van der Waals surface area contributed by atoms with Crippen LogP contribution < -0.4 is 5.32 Å². The number of fused-ring (bicyclic) bond motifs is 2. The molecule has 2 aliphatic rings. The minimum atomic E-state index is -0.992. The largest absolute Gasteiger partial charge is 0.311 e. The highest BCUT2D eigenvalue weighted by molar-refractivity contribution is 5.35. The van der Waals surface area contributed by atoms with Crippen LogP contribution >= 0.6 is 0 Å². The maximum absolute atomic E-state index is 15.1. The van der Waals surface area contributed by atoms with E-state index in [4.69, 9.17) is 0 Å². The van der Waals surface area contributed by atoms with Crippen LogP contribution in [0.5, 0.6) is 0 Å². The molecule has 1 nitrogen and oxygen atoms in total. The summed E-state index contributed by atoms with van der Waals surface area (Å²) >= 11 is 0. The number of rotatable bonds is 2. The molecule has 2 bridgehead atoms. The molecule has 0 aliphatic carbocycles. The Hall–Kier alpha value is -0.890. The van der Waals surface area contributed by atoms with E-state index in [0.717, 1.165) is 12.8 Å². The van der Waals surface area contributed by atoms with Gasteiger partial charge in [-0.25, -0.2) is 4.39 Å². The first-order valence-electron chi connectivity index (χ1n) is 7.06. The average Bonchev–Trinajstić information content (AvgIpc) is 2.64. The molecule has 0 radical (unpaired) electrons. The summed E-state index contributed by atoms with van der Waals surface area (Å²) in [6.45, 7) is 4.20. The Bertz CT molecular complexity index is 422. The summed E-state index contributed by atoms with van der Waals surface area (Å²) in [5.41, 5.74) is 2.70. The van der Waals surface area contributed by atoms with Gasteiger partial charge in [-0.05, 0) is 56.2 Å². The van der Waals surface area contributed by atoms with E-state index in [1.807, 2.05) is 0 Å². The second kappa shape index (κ2) is 4.34. The molecule has 2 saturated heterocycles. The molecule has 2 unspecified atom stereocenters. The number of halogens is 1. The highest BCUT2D eigenvalue weighted by Crippen LogP contribution is 2.39. The smallest absolute Gasteiger partial charge is 0.118 e. The molecule has 18 heavy (non-hydrogen) atoms. The van der Waals surface area contributed by atoms with Gasteiger partial charge in [0.05, 0.1) is 0 Å². The Morgan fingerprint density at radius 2 is 1.72 bits per heavy atom. The van der Waals surface area contributed by atoms with Crippen LogP contribution in [0.4, 0.5) is 4.39 Å². The van der Waals surface area contributed by atoms with Gasteiger partial charge in [-0.2, -0.15) is 0 Å². The van der Waals surface area contributed by atoms with E-state index in [1.54, 1.807) is 0 Å². The van der Waals surface area contributed by atoms with Crippen LogP contribution in [0.2, 0.25) is 0 Å². The molecule has 0 amide bonds. The number of hydrogen-bond donors (Lipinski definition) is 1. The quantitative estimate of drug-likeness (QED) is 0.844. The average molecular weight is 247 g/mol. The van der Waals surface area contributed by atoms with Crippen LogP contribution in [0.1, 0.15) is 42.4 Å². The number of benzene rings is 1. The fourth-order valence-electron chi connectivity index (χ4n) is 3.78. The van der Waals surface area contributed by atoms with Crippen molar-refractivity contribution in [1.29, 1.82) is 0 Å². The van der Waals surface area contributed by atoms with Gasteiger partial charge in [0.2, 0.25) is 0 Å². The number of aryl methyl sites for hydroxylation is 2. The van der Waals surface area contributed by atoms with Gasteiger partial charge in [0.1, 0.15) is 5.67 Å². The molecule has 98 valence electrons. The second-order valence-electron chi connectivity index (χ2n) is 6.24. The summed E-state index contributed by atoms with van der Waals surface area (Å²) in [5, 5.41) is 3.52. The predicted molar refractivity (Wildman–Crippen MR) is 72.6 cm³/mol. The van der Waals surface area contributed by atoms with Crippen LogP contribution in [0.15, 0.2) is 18.2 Å². The number of alkyl halides is 1. The van der Waals surface area contributed by atoms with Crippen LogP contribution in [-0.2, 0) is 6.42 Å². The van der Waals surface area contributed by atoms with Crippen molar-refractivity contribution in [3.05, 3.63) is 34.9 Å². The first-order chi connectivity index (χ1) is 8.56. The molecular formula is C16H22FN. The van der Waals surface area contributed by atoms with Crippen molar-refractivity contribution in [2.45, 2.75) is 63.7 Å². The molecule has 0 aromatic heterocycles. The normalized spacial score (nSPS) is 34.8. The third-order valence-corrected chi connectivity index (χ3v) is 4.70. The van der Waals surface area contributed by atoms with Gasteiger partial charge >= 0.3 is 0 Å². The molecule has 0 spiro atoms. The SMILES string of the molecule is Cc1cccc(C)c1CC1(F)CC2CCC(C1)N2. The summed E-state index contributed by atoms with van der Waals surface area (Å²) in [6, 6.07) is 7.09. The maximum atomic E-state index is 15.1. The van der Waals surface area contributed by atoms with E-state index in [2.05, 4.69) is 37.4 Å². The summed E-state index contributed by atoms with van der Waals surface area (Å²) in [7, 11) is 0. The van der Waals surface area contributed by atoms with Gasteiger partial charge in [0.15, 0.2) is 0 Å². The van der Waals surface area contributed by atoms with E-state index in [1.165, 1.54) is 16.7 Å². The van der Waals surface area contributed by atoms with Gasteiger partial charge in [-0.1, -0.05) is 18.2 Å². The van der Waals surface area contributed by atoms with Crippen LogP contribution in [0, 0.1) is 13.8 Å². The fourth-order valence-corrected chi connectivity index (χ4v) is 3.78. The van der Waals surface area contributed by atoms with Gasteiger partial charge in [-0.3, -0.25) is 0 Å². The first kappa shape index (κ1) is 12.2. The van der Waals surface area contributed by atoms with Crippen LogP contribution in [-0.4, -0.2) is 17.8 Å². The Kier molecular flexibility index (Phi) is 2.93. The maximum Gasteiger partial charge on any atom is 0.118 e. The number of nitrogens with one attached hydrogen (secondary N) is 1. The highest BCUT2D eigenvalue weighted by Gasteiger charge is 2.44. The van der Waals surface area contributed by atoms with E-state index in [-0.39, 0.29) is 0 Å². The second-order valence-corrected chi connectivity index (χ2v) is 6.24. The lowest BCUT2D eigenvalue weighted by Crippen LogP contribution is -2.47. The van der Waals surface area contributed by atoms with Crippen molar-refractivity contribution in [1.82, 2.24) is 5.32 Å². The van der Waals surface area contributed by atoms with Crippen molar-refractivity contribution >= 4 is 0 Å². The third kappa shape index (κ3) is 2.18. The monoisotopic (exact) mass is 247 g/mol. The van der Waals surface area contributed by atoms with Gasteiger partial charge in [-0.15, -0.1) is 0 Å². The Labute approximate surface area is 109 Å². The lowest BCUT2D eigenvalue weighted by molar-refractivity contribution is 0.0890. The molecule has 2 heterocycles. The molecule has 2 fully saturated rings. The van der Waals surface area contributed by atoms with E-state index in [0.29, 0.717) is 31.3 Å². The fraction of sp³-hybridized carbons (Fsp3) is 0.625. The standard InChI is InChI=1S/C16H22FN/c1-11-4-3-5-12(2)15(11)10-16(17)8-13-6-7-14(9-16)18-13/h3-5,13-14,18H,6-10H2,1-2H3. The van der Waals surface area contributed by atoms with Crippen LogP contribution in [0.3, 0.4) is 0 Å². The van der Waals surface area contributed by atoms with Crippen molar-refractivity contribution in [3.63, 3.8) is 0 Å². The van der Waals surface area contributed by atoms with Crippen molar-refractivity contribution in [2.75, 3.05) is 0 Å². The molecule has 2 atom stereocenters. The zero-order valence-corrected chi connectivity index (χ0v) is 11.3. The Morgan fingerprint density at radius 1 is 1.17 bits per heavy atom. The van der Waals surface area contributed by atoms with Crippen molar-refractivity contribution in [2.24, 2.45) is 0 Å². The molecule has 1 aromatic carbocycles. The molecule has 0 saturated carbocycles. The first-order valence-corrected chi connectivity index (χ1v) is 7.06. The van der Waals surface area contributed by atoms with Gasteiger partial charge in [0.25, 0.3) is 0 Å². The topological polar surface area (TPSA) is 12.0 Å². The molecule has 1 N–H and O–H groups in total. The zero-order valence-electron chi connectivity index (χ0n) is 11.3. The van der Waals surface area contributed by atoms with Crippen molar-refractivity contribution in [3.8, 4) is 0 Å². The summed E-state index contributed by atoms with van der Waals surface area (Å²) in [5.74, 6) is 0. The summed E-state index contributed by atoms with van der Waals surface area (Å²) < 4.78 is 15.1. The van der Waals surface area contributed by atoms with E-state index >= 15 is 4.39 Å². The van der Waals surface area contributed by atoms with E-state index < -0.39 is 5.67 Å². The number of hydrogen-bond acceptors (Lipinski definition) is 1. The summed E-state index contributed by atoms with van der Waals surface area (Å²) in [6.07, 6.45) is 4.29. The lowest BCUT2D eigenvalue weighted by atomic mass is 9.82. The highest BCUT2D eigenvalue weighted by atomic mass is 19.1. The van der Waals surface area contributed by atoms with Gasteiger partial charge in [0, 0.05) is 18.5 Å². The summed E-state index contributed by atoms with van der Waals surface area (Å²) in [4.78, 5) is 0. The molecule has 3 rings (SSSR count). The Balaban J connectivity index is 1.83. The molecule has 1 aromatic rings. The van der Waals surface area contributed by atoms with Crippen molar-refractivity contribution < 1.29 is 4.39 Å². The van der Waals surface area contributed by atoms with E-state index in [9.17, 15) is 0 Å². The lowest BCUT2D eigenvalue weighted by Gasteiger charge is -2.35. The minimum absolute atomic E-state index is 0.415. The van der Waals surface area contributed by atoms with Gasteiger partial charge < -0.3 is 5.32 Å².